The van der Waals surface area contributed by atoms with Gasteiger partial charge >= 0.3 is 0 Å². The standard InChI is InChI=1S/C16H34/c1-10-11-12-13(2)16(9,14(3,4)5)15(6,7)8/h13H,10-12H2,1-9H3. The van der Waals surface area contributed by atoms with E-state index in [1.165, 1.54) is 19.3 Å². The van der Waals surface area contributed by atoms with Gasteiger partial charge in [-0.25, -0.2) is 0 Å². The van der Waals surface area contributed by atoms with Crippen molar-refractivity contribution < 1.29 is 0 Å². The molecule has 1 atom stereocenters. The monoisotopic (exact) mass is 226 g/mol. The molecule has 0 saturated carbocycles. The fraction of sp³-hybridized carbons (Fsp3) is 1.00. The van der Waals surface area contributed by atoms with Crippen LogP contribution in [0.1, 0.15) is 81.6 Å². The van der Waals surface area contributed by atoms with Crippen molar-refractivity contribution in [1.29, 1.82) is 0 Å². The molecule has 16 heavy (non-hydrogen) atoms. The largest absolute Gasteiger partial charge is 0.0654 e. The maximum absolute atomic E-state index is 2.49. The van der Waals surface area contributed by atoms with Crippen LogP contribution in [0.25, 0.3) is 0 Å². The maximum Gasteiger partial charge on any atom is -0.0203 e. The SMILES string of the molecule is CCCCC(C)C(C)(C(C)(C)C)C(C)(C)C. The fourth-order valence-corrected chi connectivity index (χ4v) is 3.40. The van der Waals surface area contributed by atoms with Gasteiger partial charge in [0.15, 0.2) is 0 Å². The first kappa shape index (κ1) is 16.0. The molecule has 0 rings (SSSR count). The second kappa shape index (κ2) is 5.10. The van der Waals surface area contributed by atoms with Crippen molar-refractivity contribution in [3.05, 3.63) is 0 Å². The zero-order chi connectivity index (χ0) is 13.2. The van der Waals surface area contributed by atoms with E-state index in [9.17, 15) is 0 Å². The molecule has 0 aliphatic rings. The van der Waals surface area contributed by atoms with Crippen LogP contribution in [0.2, 0.25) is 0 Å². The highest BCUT2D eigenvalue weighted by Gasteiger charge is 2.49. The van der Waals surface area contributed by atoms with Gasteiger partial charge in [0.1, 0.15) is 0 Å². The van der Waals surface area contributed by atoms with Crippen LogP contribution in [-0.2, 0) is 0 Å². The zero-order valence-electron chi connectivity index (χ0n) is 13.2. The van der Waals surface area contributed by atoms with Gasteiger partial charge in [-0.1, -0.05) is 81.6 Å². The molecule has 1 unspecified atom stereocenters. The van der Waals surface area contributed by atoms with Gasteiger partial charge in [0.05, 0.1) is 0 Å². The Morgan fingerprint density at radius 1 is 0.812 bits per heavy atom. The summed E-state index contributed by atoms with van der Waals surface area (Å²) in [6.07, 6.45) is 4.04. The smallest absolute Gasteiger partial charge is 0.0203 e. The van der Waals surface area contributed by atoms with Crippen LogP contribution in [0.15, 0.2) is 0 Å². The molecule has 0 aromatic carbocycles. The predicted octanol–water partition coefficient (Wildman–Crippen LogP) is 5.91. The van der Waals surface area contributed by atoms with Gasteiger partial charge in [-0.15, -0.1) is 0 Å². The molecule has 0 fully saturated rings. The molecule has 0 aliphatic heterocycles. The van der Waals surface area contributed by atoms with Crippen LogP contribution in [-0.4, -0.2) is 0 Å². The lowest BCUT2D eigenvalue weighted by atomic mass is 9.49. The molecule has 0 radical (unpaired) electrons. The zero-order valence-corrected chi connectivity index (χ0v) is 13.2. The third-order valence-electron chi connectivity index (χ3n) is 5.09. The van der Waals surface area contributed by atoms with Crippen molar-refractivity contribution in [2.45, 2.75) is 81.6 Å². The van der Waals surface area contributed by atoms with E-state index < -0.39 is 0 Å². The van der Waals surface area contributed by atoms with Crippen molar-refractivity contribution in [2.75, 3.05) is 0 Å². The summed E-state index contributed by atoms with van der Waals surface area (Å²) in [6, 6.07) is 0. The summed E-state index contributed by atoms with van der Waals surface area (Å²) in [7, 11) is 0. The summed E-state index contributed by atoms with van der Waals surface area (Å²) in [4.78, 5) is 0. The van der Waals surface area contributed by atoms with E-state index in [1.54, 1.807) is 0 Å². The van der Waals surface area contributed by atoms with Gasteiger partial charge < -0.3 is 0 Å². The first-order valence-corrected chi connectivity index (χ1v) is 6.98. The fourth-order valence-electron chi connectivity index (χ4n) is 3.40. The molecule has 0 aliphatic carbocycles. The molecule has 98 valence electrons. The lowest BCUT2D eigenvalue weighted by Crippen LogP contribution is -2.48. The summed E-state index contributed by atoms with van der Waals surface area (Å²) in [6.45, 7) is 21.7. The number of hydrogen-bond donors (Lipinski definition) is 0. The maximum atomic E-state index is 2.49. The van der Waals surface area contributed by atoms with Crippen LogP contribution in [0.5, 0.6) is 0 Å². The van der Waals surface area contributed by atoms with Crippen LogP contribution < -0.4 is 0 Å². The first-order chi connectivity index (χ1) is 6.98. The van der Waals surface area contributed by atoms with Gasteiger partial charge in [-0.05, 0) is 22.2 Å². The van der Waals surface area contributed by atoms with E-state index in [0.717, 1.165) is 5.92 Å². The average Bonchev–Trinajstić information content (AvgIpc) is 2.08. The third-order valence-corrected chi connectivity index (χ3v) is 5.09. The van der Waals surface area contributed by atoms with Crippen molar-refractivity contribution in [3.8, 4) is 0 Å². The quantitative estimate of drug-likeness (QED) is 0.559. The van der Waals surface area contributed by atoms with Crippen LogP contribution >= 0.6 is 0 Å². The average molecular weight is 226 g/mol. The second-order valence-electron chi connectivity index (χ2n) is 7.75. The number of hydrogen-bond acceptors (Lipinski definition) is 0. The topological polar surface area (TPSA) is 0 Å². The minimum atomic E-state index is 0.360. The normalized spacial score (nSPS) is 16.3. The number of rotatable bonds is 4. The lowest BCUT2D eigenvalue weighted by molar-refractivity contribution is -0.0659. The van der Waals surface area contributed by atoms with Crippen LogP contribution in [0.3, 0.4) is 0 Å². The van der Waals surface area contributed by atoms with Crippen molar-refractivity contribution in [1.82, 2.24) is 0 Å². The second-order valence-corrected chi connectivity index (χ2v) is 7.75. The van der Waals surface area contributed by atoms with Gasteiger partial charge in [-0.3, -0.25) is 0 Å². The highest BCUT2D eigenvalue weighted by Crippen LogP contribution is 2.56. The van der Waals surface area contributed by atoms with Gasteiger partial charge in [-0.2, -0.15) is 0 Å². The van der Waals surface area contributed by atoms with E-state index in [4.69, 9.17) is 0 Å². The van der Waals surface area contributed by atoms with Gasteiger partial charge in [0, 0.05) is 0 Å². The third kappa shape index (κ3) is 3.02. The highest BCUT2D eigenvalue weighted by molar-refractivity contribution is 4.98. The molecule has 0 spiro atoms. The molecule has 0 bridgehead atoms. The lowest BCUT2D eigenvalue weighted by Gasteiger charge is -2.55. The summed E-state index contributed by atoms with van der Waals surface area (Å²) in [5.41, 5.74) is 1.10. The first-order valence-electron chi connectivity index (χ1n) is 6.98. The summed E-state index contributed by atoms with van der Waals surface area (Å²) >= 11 is 0. The Hall–Kier alpha value is 0. The van der Waals surface area contributed by atoms with Crippen LogP contribution in [0, 0.1) is 22.2 Å². The molecule has 0 N–H and O–H groups in total. The van der Waals surface area contributed by atoms with E-state index in [0.29, 0.717) is 16.2 Å². The predicted molar refractivity (Wildman–Crippen MR) is 75.7 cm³/mol. The van der Waals surface area contributed by atoms with E-state index in [-0.39, 0.29) is 0 Å². The molecule has 0 heteroatoms. The molecule has 0 heterocycles. The summed E-state index contributed by atoms with van der Waals surface area (Å²) < 4.78 is 0. The molecule has 0 saturated heterocycles. The Labute approximate surface area is 104 Å². The van der Waals surface area contributed by atoms with Crippen LogP contribution in [0.4, 0.5) is 0 Å². The Morgan fingerprint density at radius 3 is 1.44 bits per heavy atom. The Bertz CT molecular complexity index is 185. The van der Waals surface area contributed by atoms with Gasteiger partial charge in [0.25, 0.3) is 0 Å². The van der Waals surface area contributed by atoms with Gasteiger partial charge in [0.2, 0.25) is 0 Å². The number of unbranched alkanes of at least 4 members (excludes halogenated alkanes) is 1. The molecule has 0 nitrogen and oxygen atoms in total. The van der Waals surface area contributed by atoms with E-state index in [2.05, 4.69) is 62.3 Å². The minimum absolute atomic E-state index is 0.360. The molecule has 0 aromatic heterocycles. The van der Waals surface area contributed by atoms with Crippen molar-refractivity contribution >= 4 is 0 Å². The highest BCUT2D eigenvalue weighted by atomic mass is 14.5. The van der Waals surface area contributed by atoms with E-state index >= 15 is 0 Å². The summed E-state index contributed by atoms with van der Waals surface area (Å²) in [5.74, 6) is 0.785. The Morgan fingerprint density at radius 2 is 1.19 bits per heavy atom. The molecule has 0 amide bonds. The Kier molecular flexibility index (Phi) is 5.10. The van der Waals surface area contributed by atoms with E-state index in [1.807, 2.05) is 0 Å². The minimum Gasteiger partial charge on any atom is -0.0654 e. The van der Waals surface area contributed by atoms with Crippen molar-refractivity contribution in [3.63, 3.8) is 0 Å². The summed E-state index contributed by atoms with van der Waals surface area (Å²) in [5, 5.41) is 0. The molecule has 0 aromatic rings. The molecular formula is C16H34. The van der Waals surface area contributed by atoms with Crippen molar-refractivity contribution in [2.24, 2.45) is 22.2 Å². The molecular weight excluding hydrogens is 192 g/mol. The Balaban J connectivity index is 5.10.